The highest BCUT2D eigenvalue weighted by Crippen LogP contribution is 2.11. The van der Waals surface area contributed by atoms with Gasteiger partial charge in [0.2, 0.25) is 5.91 Å². The number of hydrogen-bond donors (Lipinski definition) is 2. The van der Waals surface area contributed by atoms with Gasteiger partial charge in [-0.25, -0.2) is 9.97 Å². The third kappa shape index (κ3) is 4.39. The second kappa shape index (κ2) is 6.99. The maximum atomic E-state index is 11.8. The zero-order valence-corrected chi connectivity index (χ0v) is 12.6. The Balaban J connectivity index is 1.91. The van der Waals surface area contributed by atoms with Crippen LogP contribution in [-0.4, -0.2) is 33.0 Å². The average molecular weight is 287 g/mol. The van der Waals surface area contributed by atoms with Crippen LogP contribution in [0.1, 0.15) is 26.1 Å². The molecule has 0 aromatic carbocycles. The first kappa shape index (κ1) is 15.2. The number of carbonyl (C=O) groups is 1. The van der Waals surface area contributed by atoms with E-state index in [-0.39, 0.29) is 5.91 Å². The van der Waals surface area contributed by atoms with Crippen molar-refractivity contribution in [3.8, 4) is 5.82 Å². The van der Waals surface area contributed by atoms with Crippen molar-refractivity contribution in [2.24, 2.45) is 0 Å². The highest BCUT2D eigenvalue weighted by molar-refractivity contribution is 5.90. The van der Waals surface area contributed by atoms with Gasteiger partial charge in [0.05, 0.1) is 11.9 Å². The number of rotatable bonds is 6. The molecule has 6 heteroatoms. The van der Waals surface area contributed by atoms with Crippen LogP contribution in [0.3, 0.4) is 0 Å². The molecular formula is C15H21N5O. The van der Waals surface area contributed by atoms with Crippen LogP contribution < -0.4 is 10.6 Å². The lowest BCUT2D eigenvalue weighted by Gasteiger charge is -2.09. The smallest absolute Gasteiger partial charge is 0.225 e. The Morgan fingerprint density at radius 3 is 2.71 bits per heavy atom. The van der Waals surface area contributed by atoms with Gasteiger partial charge in [-0.2, -0.15) is 0 Å². The lowest BCUT2D eigenvalue weighted by molar-refractivity contribution is -0.116. The van der Waals surface area contributed by atoms with Crippen molar-refractivity contribution in [1.29, 1.82) is 0 Å². The highest BCUT2D eigenvalue weighted by Gasteiger charge is 2.05. The molecule has 2 aromatic heterocycles. The van der Waals surface area contributed by atoms with Crippen LogP contribution in [-0.2, 0) is 4.79 Å². The molecule has 0 unspecified atom stereocenters. The fourth-order valence-corrected chi connectivity index (χ4v) is 1.92. The number of aryl methyl sites for hydroxylation is 1. The van der Waals surface area contributed by atoms with E-state index in [4.69, 9.17) is 0 Å². The Hall–Kier alpha value is -2.21. The monoisotopic (exact) mass is 287 g/mol. The second-order valence-electron chi connectivity index (χ2n) is 5.16. The SMILES string of the molecule is Cc1nccn1-c1ccc(NC(=O)CCNC(C)C)cn1. The number of imidazole rings is 1. The summed E-state index contributed by atoms with van der Waals surface area (Å²) in [6.07, 6.45) is 5.69. The Morgan fingerprint density at radius 1 is 1.33 bits per heavy atom. The molecule has 112 valence electrons. The molecule has 2 aromatic rings. The normalized spacial score (nSPS) is 10.9. The fraction of sp³-hybridized carbons (Fsp3) is 0.400. The van der Waals surface area contributed by atoms with Crippen molar-refractivity contribution < 1.29 is 4.79 Å². The van der Waals surface area contributed by atoms with Gasteiger partial charge in [0, 0.05) is 31.4 Å². The van der Waals surface area contributed by atoms with E-state index in [0.29, 0.717) is 24.7 Å². The summed E-state index contributed by atoms with van der Waals surface area (Å²) in [5.41, 5.74) is 0.700. The summed E-state index contributed by atoms with van der Waals surface area (Å²) in [6, 6.07) is 4.09. The van der Waals surface area contributed by atoms with Crippen molar-refractivity contribution in [2.45, 2.75) is 33.2 Å². The predicted molar refractivity (Wildman–Crippen MR) is 82.5 cm³/mol. The summed E-state index contributed by atoms with van der Waals surface area (Å²) in [4.78, 5) is 20.3. The maximum Gasteiger partial charge on any atom is 0.225 e. The van der Waals surface area contributed by atoms with E-state index < -0.39 is 0 Å². The molecule has 0 fully saturated rings. The molecule has 0 saturated carbocycles. The van der Waals surface area contributed by atoms with E-state index in [9.17, 15) is 4.79 Å². The lowest BCUT2D eigenvalue weighted by Crippen LogP contribution is -2.27. The summed E-state index contributed by atoms with van der Waals surface area (Å²) in [7, 11) is 0. The van der Waals surface area contributed by atoms with Crippen LogP contribution in [0, 0.1) is 6.92 Å². The summed E-state index contributed by atoms with van der Waals surface area (Å²) in [6.45, 7) is 6.69. The van der Waals surface area contributed by atoms with Crippen LogP contribution in [0.2, 0.25) is 0 Å². The van der Waals surface area contributed by atoms with E-state index in [1.54, 1.807) is 12.4 Å². The van der Waals surface area contributed by atoms with Gasteiger partial charge in [0.1, 0.15) is 11.6 Å². The molecule has 0 radical (unpaired) electrons. The van der Waals surface area contributed by atoms with Gasteiger partial charge in [0.25, 0.3) is 0 Å². The summed E-state index contributed by atoms with van der Waals surface area (Å²) in [5.74, 6) is 1.64. The van der Waals surface area contributed by atoms with Crippen LogP contribution in [0.15, 0.2) is 30.7 Å². The first-order valence-corrected chi connectivity index (χ1v) is 7.06. The van der Waals surface area contributed by atoms with E-state index in [0.717, 1.165) is 11.6 Å². The van der Waals surface area contributed by atoms with Crippen LogP contribution in [0.25, 0.3) is 5.82 Å². The summed E-state index contributed by atoms with van der Waals surface area (Å²) < 4.78 is 1.89. The van der Waals surface area contributed by atoms with Crippen LogP contribution in [0.4, 0.5) is 5.69 Å². The molecule has 0 atom stereocenters. The maximum absolute atomic E-state index is 11.8. The van der Waals surface area contributed by atoms with Gasteiger partial charge in [-0.15, -0.1) is 0 Å². The molecule has 1 amide bonds. The van der Waals surface area contributed by atoms with Gasteiger partial charge in [0.15, 0.2) is 0 Å². The minimum absolute atomic E-state index is 0.0171. The van der Waals surface area contributed by atoms with Gasteiger partial charge in [-0.05, 0) is 19.1 Å². The Bertz CT molecular complexity index is 588. The number of pyridine rings is 1. The number of hydrogen-bond acceptors (Lipinski definition) is 4. The van der Waals surface area contributed by atoms with E-state index in [2.05, 4.69) is 34.4 Å². The standard InChI is InChI=1S/C15H21N5O/c1-11(2)16-7-6-15(21)19-13-4-5-14(18-10-13)20-9-8-17-12(20)3/h4-5,8-11,16H,6-7H2,1-3H3,(H,19,21). The van der Waals surface area contributed by atoms with Crippen LogP contribution >= 0.6 is 0 Å². The highest BCUT2D eigenvalue weighted by atomic mass is 16.1. The molecule has 6 nitrogen and oxygen atoms in total. The Labute approximate surface area is 124 Å². The minimum atomic E-state index is -0.0171. The number of amides is 1. The third-order valence-corrected chi connectivity index (χ3v) is 3.01. The Morgan fingerprint density at radius 2 is 2.14 bits per heavy atom. The van der Waals surface area contributed by atoms with Crippen molar-refractivity contribution in [3.05, 3.63) is 36.5 Å². The molecule has 21 heavy (non-hydrogen) atoms. The van der Waals surface area contributed by atoms with Gasteiger partial charge in [-0.1, -0.05) is 13.8 Å². The van der Waals surface area contributed by atoms with Crippen molar-refractivity contribution in [2.75, 3.05) is 11.9 Å². The quantitative estimate of drug-likeness (QED) is 0.851. The number of carbonyl (C=O) groups excluding carboxylic acids is 1. The minimum Gasteiger partial charge on any atom is -0.325 e. The first-order valence-electron chi connectivity index (χ1n) is 7.06. The summed E-state index contributed by atoms with van der Waals surface area (Å²) >= 11 is 0. The van der Waals surface area contributed by atoms with Crippen LogP contribution in [0.5, 0.6) is 0 Å². The van der Waals surface area contributed by atoms with Gasteiger partial charge < -0.3 is 10.6 Å². The molecule has 0 aliphatic heterocycles. The molecule has 2 heterocycles. The molecule has 2 N–H and O–H groups in total. The summed E-state index contributed by atoms with van der Waals surface area (Å²) in [5, 5.41) is 6.05. The predicted octanol–water partition coefficient (Wildman–Crippen LogP) is 1.90. The molecule has 0 aliphatic carbocycles. The Kier molecular flexibility index (Phi) is 5.05. The largest absolute Gasteiger partial charge is 0.325 e. The number of anilines is 1. The molecule has 0 spiro atoms. The molecule has 0 bridgehead atoms. The zero-order valence-electron chi connectivity index (χ0n) is 12.6. The number of nitrogens with zero attached hydrogens (tertiary/aromatic N) is 3. The lowest BCUT2D eigenvalue weighted by atomic mass is 10.3. The number of nitrogens with one attached hydrogen (secondary N) is 2. The topological polar surface area (TPSA) is 71.8 Å². The zero-order chi connectivity index (χ0) is 15.2. The van der Waals surface area contributed by atoms with E-state index >= 15 is 0 Å². The number of aromatic nitrogens is 3. The van der Waals surface area contributed by atoms with Crippen molar-refractivity contribution in [1.82, 2.24) is 19.9 Å². The first-order chi connectivity index (χ1) is 10.1. The fourth-order valence-electron chi connectivity index (χ4n) is 1.92. The molecular weight excluding hydrogens is 266 g/mol. The molecule has 0 saturated heterocycles. The molecule has 2 rings (SSSR count). The van der Waals surface area contributed by atoms with E-state index in [1.807, 2.05) is 29.8 Å². The van der Waals surface area contributed by atoms with Crippen molar-refractivity contribution in [3.63, 3.8) is 0 Å². The van der Waals surface area contributed by atoms with Gasteiger partial charge >= 0.3 is 0 Å². The van der Waals surface area contributed by atoms with Crippen molar-refractivity contribution >= 4 is 11.6 Å². The molecule has 0 aliphatic rings. The van der Waals surface area contributed by atoms with E-state index in [1.165, 1.54) is 0 Å². The third-order valence-electron chi connectivity index (χ3n) is 3.01. The average Bonchev–Trinajstić information content (AvgIpc) is 2.85. The van der Waals surface area contributed by atoms with Gasteiger partial charge in [-0.3, -0.25) is 9.36 Å². The second-order valence-corrected chi connectivity index (χ2v) is 5.16.